The van der Waals surface area contributed by atoms with Crippen molar-refractivity contribution in [2.75, 3.05) is 36.6 Å². The van der Waals surface area contributed by atoms with Crippen molar-refractivity contribution >= 4 is 28.8 Å². The van der Waals surface area contributed by atoms with Crippen LogP contribution in [0, 0.1) is 0 Å². The number of amides is 1. The Balaban J connectivity index is 1.64. The van der Waals surface area contributed by atoms with Crippen molar-refractivity contribution in [3.05, 3.63) is 89.5 Å². The van der Waals surface area contributed by atoms with Crippen LogP contribution in [0.15, 0.2) is 78.4 Å². The fourth-order valence-corrected chi connectivity index (χ4v) is 4.62. The van der Waals surface area contributed by atoms with Crippen LogP contribution >= 0.6 is 0 Å². The number of nitrogens with zero attached hydrogens (tertiary/aromatic N) is 2. The van der Waals surface area contributed by atoms with Crippen molar-refractivity contribution in [3.63, 3.8) is 0 Å². The number of benzene rings is 3. The Bertz CT molecular complexity index is 1320. The minimum absolute atomic E-state index is 0.0467. The van der Waals surface area contributed by atoms with Crippen LogP contribution in [0.3, 0.4) is 0 Å². The summed E-state index contributed by atoms with van der Waals surface area (Å²) in [6.07, 6.45) is 0.886. The lowest BCUT2D eigenvalue weighted by atomic mass is 9.94. The van der Waals surface area contributed by atoms with Crippen molar-refractivity contribution in [3.8, 4) is 11.5 Å². The molecular formula is C29H28N2O5. The van der Waals surface area contributed by atoms with Crippen LogP contribution in [-0.2, 0) is 9.59 Å². The predicted octanol–water partition coefficient (Wildman–Crippen LogP) is 4.93. The van der Waals surface area contributed by atoms with E-state index in [0.717, 1.165) is 12.1 Å². The zero-order valence-electron chi connectivity index (χ0n) is 20.3. The van der Waals surface area contributed by atoms with Crippen molar-refractivity contribution in [1.82, 2.24) is 0 Å². The number of para-hydroxylation sites is 1. The number of ether oxygens (including phenoxy) is 2. The zero-order chi connectivity index (χ0) is 25.2. The lowest BCUT2D eigenvalue weighted by Crippen LogP contribution is -2.29. The normalized spacial score (nSPS) is 18.7. The first-order valence-corrected chi connectivity index (χ1v) is 12.1. The van der Waals surface area contributed by atoms with Gasteiger partial charge in [0.15, 0.2) is 0 Å². The van der Waals surface area contributed by atoms with Crippen molar-refractivity contribution < 1.29 is 24.2 Å². The van der Waals surface area contributed by atoms with E-state index in [9.17, 15) is 14.7 Å². The van der Waals surface area contributed by atoms with Crippen LogP contribution in [0.25, 0.3) is 5.76 Å². The molecule has 3 aromatic rings. The molecular weight excluding hydrogens is 456 g/mol. The first kappa shape index (κ1) is 23.5. The average molecular weight is 485 g/mol. The Morgan fingerprint density at radius 2 is 1.81 bits per heavy atom. The number of likely N-dealkylation sites (N-methyl/N-ethyl adjacent to an activating group) is 1. The Morgan fingerprint density at radius 1 is 1.06 bits per heavy atom. The summed E-state index contributed by atoms with van der Waals surface area (Å²) in [6.45, 7) is 3.92. The maximum Gasteiger partial charge on any atom is 0.300 e. The molecule has 2 heterocycles. The molecule has 0 radical (unpaired) electrons. The van der Waals surface area contributed by atoms with Gasteiger partial charge in [-0.05, 0) is 54.4 Å². The summed E-state index contributed by atoms with van der Waals surface area (Å²) >= 11 is 0. The van der Waals surface area contributed by atoms with E-state index in [4.69, 9.17) is 9.47 Å². The number of aliphatic hydroxyl groups is 1. The molecule has 0 spiro atoms. The van der Waals surface area contributed by atoms with Gasteiger partial charge >= 0.3 is 0 Å². The highest BCUT2D eigenvalue weighted by Gasteiger charge is 2.47. The van der Waals surface area contributed by atoms with E-state index in [1.54, 1.807) is 30.3 Å². The van der Waals surface area contributed by atoms with Gasteiger partial charge in [-0.25, -0.2) is 0 Å². The van der Waals surface area contributed by atoms with Crippen LogP contribution in [0.1, 0.15) is 30.5 Å². The van der Waals surface area contributed by atoms with Crippen molar-refractivity contribution in [2.24, 2.45) is 0 Å². The smallest absolute Gasteiger partial charge is 0.300 e. The molecule has 5 rings (SSSR count). The highest BCUT2D eigenvalue weighted by atomic mass is 16.5. The topological polar surface area (TPSA) is 79.3 Å². The van der Waals surface area contributed by atoms with Gasteiger partial charge < -0.3 is 19.5 Å². The van der Waals surface area contributed by atoms with E-state index in [2.05, 4.69) is 0 Å². The molecule has 0 saturated carbocycles. The second-order valence-corrected chi connectivity index (χ2v) is 8.87. The molecule has 1 atom stereocenters. The second kappa shape index (κ2) is 9.77. The Morgan fingerprint density at radius 3 is 2.53 bits per heavy atom. The van der Waals surface area contributed by atoms with Gasteiger partial charge in [0.1, 0.15) is 23.9 Å². The maximum absolute atomic E-state index is 13.4. The molecule has 7 heteroatoms. The van der Waals surface area contributed by atoms with Crippen LogP contribution in [-0.4, -0.2) is 43.6 Å². The summed E-state index contributed by atoms with van der Waals surface area (Å²) in [5.74, 6) is -0.212. The molecule has 1 amide bonds. The van der Waals surface area contributed by atoms with E-state index in [0.29, 0.717) is 48.1 Å². The Labute approximate surface area is 210 Å². The molecule has 1 fully saturated rings. The molecule has 2 aliphatic heterocycles. The summed E-state index contributed by atoms with van der Waals surface area (Å²) in [6, 6.07) is 20.8. The molecule has 3 aromatic carbocycles. The molecule has 7 nitrogen and oxygen atoms in total. The fraction of sp³-hybridized carbons (Fsp3) is 0.241. The Hall–Kier alpha value is -4.26. The third kappa shape index (κ3) is 4.17. The summed E-state index contributed by atoms with van der Waals surface area (Å²) < 4.78 is 11.4. The molecule has 0 aliphatic carbocycles. The van der Waals surface area contributed by atoms with Gasteiger partial charge in [-0.2, -0.15) is 0 Å². The van der Waals surface area contributed by atoms with Crippen LogP contribution in [0.2, 0.25) is 0 Å². The largest absolute Gasteiger partial charge is 0.507 e. The minimum atomic E-state index is -0.794. The molecule has 1 unspecified atom stereocenters. The molecule has 1 saturated heterocycles. The first-order chi connectivity index (χ1) is 17.5. The molecule has 0 bridgehead atoms. The van der Waals surface area contributed by atoms with Gasteiger partial charge in [0.2, 0.25) is 0 Å². The number of anilines is 2. The second-order valence-electron chi connectivity index (χ2n) is 8.87. The predicted molar refractivity (Wildman–Crippen MR) is 139 cm³/mol. The third-order valence-electron chi connectivity index (χ3n) is 6.48. The number of hydrogen-bond donors (Lipinski definition) is 1. The standard InChI is InChI=1S/C29H28N2O5/c1-3-16-35-22-12-9-19(10-13-22)26-25(28(33)29(34)31(26)21-7-5-4-6-8-21)27(32)20-11-14-24-23(18-20)30(2)15-17-36-24/h4-14,18,26,32H,3,15-17H2,1-2H3/b27-25-. The molecule has 1 N–H and O–H groups in total. The molecule has 36 heavy (non-hydrogen) atoms. The maximum atomic E-state index is 13.4. The van der Waals surface area contributed by atoms with Gasteiger partial charge in [-0.3, -0.25) is 14.5 Å². The first-order valence-electron chi connectivity index (χ1n) is 12.1. The Kier molecular flexibility index (Phi) is 6.38. The quantitative estimate of drug-likeness (QED) is 0.304. The highest BCUT2D eigenvalue weighted by Crippen LogP contribution is 2.43. The number of Topliss-reactive ketones (excluding diaryl/α,β-unsaturated/α-hetero) is 1. The third-order valence-corrected chi connectivity index (χ3v) is 6.48. The number of hydrogen-bond acceptors (Lipinski definition) is 6. The van der Waals surface area contributed by atoms with E-state index >= 15 is 0 Å². The van der Waals surface area contributed by atoms with Gasteiger partial charge in [0, 0.05) is 18.3 Å². The molecule has 2 aliphatic rings. The fourth-order valence-electron chi connectivity index (χ4n) is 4.62. The number of fused-ring (bicyclic) bond motifs is 1. The zero-order valence-corrected chi connectivity index (χ0v) is 20.3. The van der Waals surface area contributed by atoms with Gasteiger partial charge in [-0.1, -0.05) is 37.3 Å². The van der Waals surface area contributed by atoms with E-state index in [1.165, 1.54) is 4.90 Å². The summed E-state index contributed by atoms with van der Waals surface area (Å²) in [4.78, 5) is 30.2. The van der Waals surface area contributed by atoms with Crippen LogP contribution < -0.4 is 19.3 Å². The summed E-state index contributed by atoms with van der Waals surface area (Å²) in [5, 5.41) is 11.5. The average Bonchev–Trinajstić information content (AvgIpc) is 3.18. The van der Waals surface area contributed by atoms with E-state index in [-0.39, 0.29) is 11.3 Å². The molecule has 0 aromatic heterocycles. The number of carbonyl (C=O) groups is 2. The minimum Gasteiger partial charge on any atom is -0.507 e. The van der Waals surface area contributed by atoms with Crippen LogP contribution in [0.4, 0.5) is 11.4 Å². The summed E-state index contributed by atoms with van der Waals surface area (Å²) in [7, 11) is 1.95. The van der Waals surface area contributed by atoms with Gasteiger partial charge in [-0.15, -0.1) is 0 Å². The van der Waals surface area contributed by atoms with Gasteiger partial charge in [0.25, 0.3) is 11.7 Å². The number of aliphatic hydroxyl groups excluding tert-OH is 1. The number of carbonyl (C=O) groups excluding carboxylic acids is 2. The van der Waals surface area contributed by atoms with Crippen molar-refractivity contribution in [1.29, 1.82) is 0 Å². The van der Waals surface area contributed by atoms with Gasteiger partial charge in [0.05, 0.1) is 30.5 Å². The molecule has 184 valence electrons. The number of ketones is 1. The van der Waals surface area contributed by atoms with E-state index in [1.807, 2.05) is 61.3 Å². The van der Waals surface area contributed by atoms with Crippen molar-refractivity contribution in [2.45, 2.75) is 19.4 Å². The summed E-state index contributed by atoms with van der Waals surface area (Å²) in [5.41, 5.74) is 2.59. The van der Waals surface area contributed by atoms with Crippen LogP contribution in [0.5, 0.6) is 11.5 Å². The highest BCUT2D eigenvalue weighted by molar-refractivity contribution is 6.51. The SMILES string of the molecule is CCCOc1ccc(C2/C(=C(/O)c3ccc4c(c3)N(C)CCO4)C(=O)C(=O)N2c2ccccc2)cc1. The van der Waals surface area contributed by atoms with E-state index < -0.39 is 17.7 Å². The lowest BCUT2D eigenvalue weighted by molar-refractivity contribution is -0.132. The lowest BCUT2D eigenvalue weighted by Gasteiger charge is -2.28. The monoisotopic (exact) mass is 484 g/mol. The number of rotatable bonds is 6.